The molecule has 0 unspecified atom stereocenters. The quantitative estimate of drug-likeness (QED) is 0.291. The van der Waals surface area contributed by atoms with Crippen molar-refractivity contribution in [3.05, 3.63) is 33.3 Å². The lowest BCUT2D eigenvalue weighted by molar-refractivity contribution is -0.616. The number of nitrogens with zero attached hydrogens (tertiary/aromatic N) is 2. The Hall–Kier alpha value is -1.85. The highest BCUT2D eigenvalue weighted by Crippen LogP contribution is 2.26. The number of ether oxygens (including phenoxy) is 1. The first-order valence-electron chi connectivity index (χ1n) is 3.49. The molecule has 0 spiro atoms. The van der Waals surface area contributed by atoms with Gasteiger partial charge < -0.3 is 9.94 Å². The molecule has 1 heterocycles. The van der Waals surface area contributed by atoms with Crippen LogP contribution >= 0.6 is 0 Å². The molecule has 0 saturated carbocycles. The lowest BCUT2D eigenvalue weighted by atomic mass is 10.3. The first kappa shape index (κ1) is 9.24. The van der Waals surface area contributed by atoms with Gasteiger partial charge in [0, 0.05) is 6.92 Å². The van der Waals surface area contributed by atoms with Crippen LogP contribution in [0.1, 0.15) is 5.69 Å². The van der Waals surface area contributed by atoms with Gasteiger partial charge in [0.15, 0.2) is 6.20 Å². The third-order valence-corrected chi connectivity index (χ3v) is 1.67. The van der Waals surface area contributed by atoms with E-state index >= 15 is 0 Å². The standard InChI is InChI=1S/C7H8N2O4/c1-5-7(9(11)12)6(13-2)3-4-8(5)10/h3-4H,1-2H3. The van der Waals surface area contributed by atoms with Gasteiger partial charge in [0.1, 0.15) is 0 Å². The maximum Gasteiger partial charge on any atom is 0.377 e. The molecule has 0 aromatic carbocycles. The second-order valence-electron chi connectivity index (χ2n) is 2.40. The predicted molar refractivity (Wildman–Crippen MR) is 43.3 cm³/mol. The molecule has 0 amide bonds. The fraction of sp³-hybridized carbons (Fsp3) is 0.286. The van der Waals surface area contributed by atoms with Gasteiger partial charge in [-0.3, -0.25) is 10.1 Å². The van der Waals surface area contributed by atoms with E-state index in [1.165, 1.54) is 26.3 Å². The molecule has 1 aromatic rings. The van der Waals surface area contributed by atoms with Crippen molar-refractivity contribution in [3.8, 4) is 5.75 Å². The predicted octanol–water partition coefficient (Wildman–Crippen LogP) is 0.545. The number of hydrogen-bond donors (Lipinski definition) is 0. The minimum absolute atomic E-state index is 0.0179. The van der Waals surface area contributed by atoms with Crippen LogP contribution in [-0.4, -0.2) is 12.0 Å². The molecule has 6 nitrogen and oxygen atoms in total. The molecule has 13 heavy (non-hydrogen) atoms. The number of pyridine rings is 1. The smallest absolute Gasteiger partial charge is 0.377 e. The van der Waals surface area contributed by atoms with Gasteiger partial charge in [-0.2, -0.15) is 4.73 Å². The van der Waals surface area contributed by atoms with E-state index in [-0.39, 0.29) is 17.1 Å². The summed E-state index contributed by atoms with van der Waals surface area (Å²) in [4.78, 5) is 9.89. The van der Waals surface area contributed by atoms with E-state index in [2.05, 4.69) is 0 Å². The normalized spacial score (nSPS) is 9.69. The fourth-order valence-corrected chi connectivity index (χ4v) is 0.996. The Bertz CT molecular complexity index is 351. The molecular weight excluding hydrogens is 176 g/mol. The van der Waals surface area contributed by atoms with Gasteiger partial charge in [-0.15, -0.1) is 0 Å². The molecule has 0 N–H and O–H groups in total. The van der Waals surface area contributed by atoms with Gasteiger partial charge >= 0.3 is 5.69 Å². The summed E-state index contributed by atoms with van der Waals surface area (Å²) in [6, 6.07) is 1.26. The van der Waals surface area contributed by atoms with Crippen LogP contribution in [0, 0.1) is 22.2 Å². The number of nitro groups is 1. The van der Waals surface area contributed by atoms with Gasteiger partial charge in [-0.05, 0) is 0 Å². The van der Waals surface area contributed by atoms with E-state index in [0.717, 1.165) is 0 Å². The van der Waals surface area contributed by atoms with Crippen LogP contribution in [0.5, 0.6) is 5.75 Å². The average molecular weight is 184 g/mol. The van der Waals surface area contributed by atoms with Crippen LogP contribution in [0.25, 0.3) is 0 Å². The van der Waals surface area contributed by atoms with Crippen LogP contribution in [-0.2, 0) is 0 Å². The summed E-state index contributed by atoms with van der Waals surface area (Å²) in [7, 11) is 1.32. The van der Waals surface area contributed by atoms with Gasteiger partial charge in [-0.1, -0.05) is 0 Å². The Kier molecular flexibility index (Phi) is 2.32. The molecule has 0 fully saturated rings. The van der Waals surface area contributed by atoms with Crippen molar-refractivity contribution >= 4 is 5.69 Å². The van der Waals surface area contributed by atoms with Crippen molar-refractivity contribution in [1.82, 2.24) is 0 Å². The summed E-state index contributed by atoms with van der Waals surface area (Å²) < 4.78 is 5.18. The minimum atomic E-state index is -0.636. The van der Waals surface area contributed by atoms with Crippen molar-refractivity contribution in [1.29, 1.82) is 0 Å². The highest BCUT2D eigenvalue weighted by molar-refractivity contribution is 5.46. The second kappa shape index (κ2) is 3.26. The Morgan fingerprint density at radius 1 is 1.62 bits per heavy atom. The minimum Gasteiger partial charge on any atom is -0.618 e. The maximum atomic E-state index is 11.0. The number of rotatable bonds is 2. The third kappa shape index (κ3) is 1.51. The molecule has 0 aliphatic rings. The summed E-state index contributed by atoms with van der Waals surface area (Å²) in [6.07, 6.45) is 1.17. The van der Waals surface area contributed by atoms with E-state index in [9.17, 15) is 15.3 Å². The van der Waals surface area contributed by atoms with Crippen LogP contribution in [0.2, 0.25) is 0 Å². The van der Waals surface area contributed by atoms with Gasteiger partial charge in [-0.25, -0.2) is 0 Å². The number of aromatic nitrogens is 1. The monoisotopic (exact) mass is 184 g/mol. The second-order valence-corrected chi connectivity index (χ2v) is 2.40. The molecule has 1 rings (SSSR count). The van der Waals surface area contributed by atoms with Crippen molar-refractivity contribution in [2.24, 2.45) is 0 Å². The Labute approximate surface area is 74.1 Å². The zero-order valence-corrected chi connectivity index (χ0v) is 7.18. The molecule has 0 aliphatic heterocycles. The Morgan fingerprint density at radius 2 is 2.23 bits per heavy atom. The molecule has 0 saturated heterocycles. The Morgan fingerprint density at radius 3 is 2.69 bits per heavy atom. The van der Waals surface area contributed by atoms with E-state index < -0.39 is 4.92 Å². The summed E-state index contributed by atoms with van der Waals surface area (Å²) in [5.41, 5.74) is -0.274. The van der Waals surface area contributed by atoms with Crippen LogP contribution in [0.4, 0.5) is 5.69 Å². The lowest BCUT2D eigenvalue weighted by Crippen LogP contribution is -2.30. The highest BCUT2D eigenvalue weighted by atomic mass is 16.6. The van der Waals surface area contributed by atoms with Crippen molar-refractivity contribution < 1.29 is 14.4 Å². The Balaban J connectivity index is 3.41. The van der Waals surface area contributed by atoms with E-state index in [4.69, 9.17) is 4.74 Å². The number of hydrogen-bond acceptors (Lipinski definition) is 4. The van der Waals surface area contributed by atoms with Crippen LogP contribution in [0.3, 0.4) is 0 Å². The summed E-state index contributed by atoms with van der Waals surface area (Å²) in [5.74, 6) is 0.0922. The van der Waals surface area contributed by atoms with Crippen molar-refractivity contribution in [2.75, 3.05) is 7.11 Å². The van der Waals surface area contributed by atoms with E-state index in [1.54, 1.807) is 0 Å². The molecule has 1 aromatic heterocycles. The van der Waals surface area contributed by atoms with Crippen LogP contribution < -0.4 is 9.47 Å². The maximum absolute atomic E-state index is 11.0. The first-order valence-corrected chi connectivity index (χ1v) is 3.49. The topological polar surface area (TPSA) is 79.3 Å². The van der Waals surface area contributed by atoms with Crippen molar-refractivity contribution in [3.63, 3.8) is 0 Å². The zero-order valence-electron chi connectivity index (χ0n) is 7.18. The zero-order chi connectivity index (χ0) is 10.0. The molecule has 0 aliphatic carbocycles. The highest BCUT2D eigenvalue weighted by Gasteiger charge is 2.24. The third-order valence-electron chi connectivity index (χ3n) is 1.67. The molecule has 0 bridgehead atoms. The van der Waals surface area contributed by atoms with Crippen LogP contribution in [0.15, 0.2) is 12.3 Å². The molecule has 6 heteroatoms. The number of methoxy groups -OCH3 is 1. The molecule has 70 valence electrons. The van der Waals surface area contributed by atoms with E-state index in [1.807, 2.05) is 0 Å². The summed E-state index contributed by atoms with van der Waals surface area (Å²) in [6.45, 7) is 1.37. The molecule has 0 atom stereocenters. The SMILES string of the molecule is COc1cc[n+]([O-])c(C)c1[N+](=O)[O-]. The molecule has 0 radical (unpaired) electrons. The summed E-state index contributed by atoms with van der Waals surface area (Å²) in [5, 5.41) is 21.5. The first-order chi connectivity index (χ1) is 6.07. The van der Waals surface area contributed by atoms with Gasteiger partial charge in [0.25, 0.3) is 5.69 Å². The van der Waals surface area contributed by atoms with Gasteiger partial charge in [0.05, 0.1) is 18.1 Å². The summed E-state index contributed by atoms with van der Waals surface area (Å²) >= 11 is 0. The van der Waals surface area contributed by atoms with Gasteiger partial charge in [0.2, 0.25) is 5.75 Å². The average Bonchev–Trinajstić information content (AvgIpc) is 2.08. The van der Waals surface area contributed by atoms with E-state index in [0.29, 0.717) is 4.73 Å². The largest absolute Gasteiger partial charge is 0.618 e. The lowest BCUT2D eigenvalue weighted by Gasteiger charge is -2.04. The molecular formula is C7H8N2O4. The fourth-order valence-electron chi connectivity index (χ4n) is 0.996. The van der Waals surface area contributed by atoms with Crippen molar-refractivity contribution in [2.45, 2.75) is 6.92 Å².